The lowest BCUT2D eigenvalue weighted by Crippen LogP contribution is -2.55. The lowest BCUT2D eigenvalue weighted by molar-refractivity contribution is -0.128. The van der Waals surface area contributed by atoms with E-state index in [0.29, 0.717) is 55.7 Å². The lowest BCUT2D eigenvalue weighted by atomic mass is 9.72. The SMILES string of the molecule is CC(C)=CC[C@]1(Cc2ccccc2)NC=C([C@]2(CC(C)C)NCC([C@@H](CC3CCCCC3)[Si](O)(O)CCC(C)C)C2=O)C1=O. The molecule has 1 saturated carbocycles. The molecule has 1 saturated heterocycles. The molecule has 0 aromatic heterocycles. The van der Waals surface area contributed by atoms with E-state index in [2.05, 4.69) is 56.5 Å². The van der Waals surface area contributed by atoms with Gasteiger partial charge < -0.3 is 20.2 Å². The second-order valence-corrected chi connectivity index (χ2v) is 18.3. The maximum atomic E-state index is 14.9. The Morgan fingerprint density at radius 2 is 1.70 bits per heavy atom. The number of carbonyl (C=O) groups is 2. The van der Waals surface area contributed by atoms with Crippen molar-refractivity contribution in [2.24, 2.45) is 23.7 Å². The largest absolute Gasteiger partial charge is 0.410 e. The summed E-state index contributed by atoms with van der Waals surface area (Å²) < 4.78 is 0. The van der Waals surface area contributed by atoms with E-state index in [0.717, 1.165) is 30.4 Å². The highest BCUT2D eigenvalue weighted by molar-refractivity contribution is 6.66. The third-order valence-corrected chi connectivity index (χ3v) is 13.3. The van der Waals surface area contributed by atoms with Gasteiger partial charge in [0.05, 0.1) is 0 Å². The molecule has 244 valence electrons. The van der Waals surface area contributed by atoms with Crippen molar-refractivity contribution in [2.75, 3.05) is 6.54 Å². The molecule has 6 nitrogen and oxygen atoms in total. The molecule has 2 fully saturated rings. The summed E-state index contributed by atoms with van der Waals surface area (Å²) in [6, 6.07) is 10.5. The average Bonchev–Trinajstić information content (AvgIpc) is 3.47. The third kappa shape index (κ3) is 7.83. The molecule has 1 aromatic carbocycles. The smallest absolute Gasteiger partial charge is 0.336 e. The van der Waals surface area contributed by atoms with Crippen LogP contribution in [0.2, 0.25) is 11.6 Å². The van der Waals surface area contributed by atoms with E-state index < -0.39 is 31.1 Å². The number of carbonyl (C=O) groups excluding carboxylic acids is 2. The van der Waals surface area contributed by atoms with Crippen molar-refractivity contribution in [2.45, 2.75) is 128 Å². The quantitative estimate of drug-likeness (QED) is 0.135. The van der Waals surface area contributed by atoms with Crippen molar-refractivity contribution in [3.63, 3.8) is 0 Å². The van der Waals surface area contributed by atoms with Crippen LogP contribution in [0.15, 0.2) is 53.8 Å². The predicted octanol–water partition coefficient (Wildman–Crippen LogP) is 6.77. The van der Waals surface area contributed by atoms with Crippen molar-refractivity contribution >= 4 is 20.1 Å². The number of allylic oxidation sites excluding steroid dienone is 1. The molecule has 4 N–H and O–H groups in total. The molecular formula is C37H58N2O4Si. The van der Waals surface area contributed by atoms with Crippen LogP contribution >= 0.6 is 0 Å². The van der Waals surface area contributed by atoms with Gasteiger partial charge in [-0.1, -0.05) is 102 Å². The van der Waals surface area contributed by atoms with E-state index in [1.165, 1.54) is 19.3 Å². The first-order valence-electron chi connectivity index (χ1n) is 17.2. The van der Waals surface area contributed by atoms with Crippen molar-refractivity contribution in [3.05, 3.63) is 59.3 Å². The molecule has 0 amide bonds. The van der Waals surface area contributed by atoms with Crippen LogP contribution in [0, 0.1) is 23.7 Å². The number of hydrogen-bond donors (Lipinski definition) is 4. The van der Waals surface area contributed by atoms with Crippen molar-refractivity contribution in [3.8, 4) is 0 Å². The van der Waals surface area contributed by atoms with E-state index in [1.807, 2.05) is 38.2 Å². The number of nitrogens with one attached hydrogen (secondary N) is 2. The summed E-state index contributed by atoms with van der Waals surface area (Å²) in [6.07, 6.45) is 12.7. The van der Waals surface area contributed by atoms with Crippen LogP contribution in [-0.2, 0) is 16.0 Å². The summed E-state index contributed by atoms with van der Waals surface area (Å²) in [4.78, 5) is 53.2. The Bertz CT molecular complexity index is 1200. The summed E-state index contributed by atoms with van der Waals surface area (Å²) in [5.41, 5.74) is 0.275. The minimum absolute atomic E-state index is 0.0179. The van der Waals surface area contributed by atoms with Crippen molar-refractivity contribution < 1.29 is 19.2 Å². The topological polar surface area (TPSA) is 98.7 Å². The van der Waals surface area contributed by atoms with Crippen LogP contribution in [0.25, 0.3) is 0 Å². The van der Waals surface area contributed by atoms with Crippen LogP contribution in [-0.4, -0.2) is 47.3 Å². The van der Waals surface area contributed by atoms with Gasteiger partial charge in [-0.2, -0.15) is 0 Å². The van der Waals surface area contributed by atoms with Gasteiger partial charge in [-0.25, -0.2) is 0 Å². The fraction of sp³-hybridized carbons (Fsp3) is 0.676. The fourth-order valence-corrected chi connectivity index (χ4v) is 11.0. The Morgan fingerprint density at radius 1 is 1.02 bits per heavy atom. The molecule has 0 spiro atoms. The lowest BCUT2D eigenvalue weighted by Gasteiger charge is -2.37. The minimum atomic E-state index is -3.74. The standard InChI is InChI=1S/C37H58N2O4Si/c1-26(2)17-19-36(23-30-15-11-8-12-16-30)35(41)32(25-38-36)37(22-28(5)6)34(40)31(24-39-37)33(21-29-13-9-7-10-14-29)44(42,43)20-18-27(3)4/h8,11-12,15-17,25,27-29,31,33,38-39,42-43H,7,9-10,13-14,18-24H2,1-6H3/t31?,33-,36-,37+/m1/s1. The second kappa shape index (κ2) is 14.6. The van der Waals surface area contributed by atoms with Gasteiger partial charge in [0.2, 0.25) is 0 Å². The van der Waals surface area contributed by atoms with Crippen LogP contribution in [0.3, 0.4) is 0 Å². The minimum Gasteiger partial charge on any atom is -0.410 e. The van der Waals surface area contributed by atoms with Gasteiger partial charge in [0.1, 0.15) is 11.1 Å². The monoisotopic (exact) mass is 622 g/mol. The molecule has 0 bridgehead atoms. The summed E-state index contributed by atoms with van der Waals surface area (Å²) >= 11 is 0. The van der Waals surface area contributed by atoms with Crippen LogP contribution in [0.1, 0.15) is 105 Å². The Labute approximate surface area is 267 Å². The van der Waals surface area contributed by atoms with E-state index in [1.54, 1.807) is 0 Å². The van der Waals surface area contributed by atoms with E-state index >= 15 is 0 Å². The average molecular weight is 623 g/mol. The van der Waals surface area contributed by atoms with Gasteiger partial charge in [-0.05, 0) is 68.9 Å². The molecule has 7 heteroatoms. The number of benzene rings is 1. The molecule has 0 radical (unpaired) electrons. The Kier molecular flexibility index (Phi) is 11.5. The summed E-state index contributed by atoms with van der Waals surface area (Å²) in [6.45, 7) is 12.9. The molecule has 4 atom stereocenters. The predicted molar refractivity (Wildman–Crippen MR) is 181 cm³/mol. The first-order valence-corrected chi connectivity index (χ1v) is 19.4. The maximum Gasteiger partial charge on any atom is 0.336 e. The van der Waals surface area contributed by atoms with Crippen molar-refractivity contribution in [1.82, 2.24) is 10.6 Å². The summed E-state index contributed by atoms with van der Waals surface area (Å²) in [5, 5.41) is 7.10. The highest BCUT2D eigenvalue weighted by Gasteiger charge is 2.60. The van der Waals surface area contributed by atoms with Crippen LogP contribution in [0.4, 0.5) is 0 Å². The van der Waals surface area contributed by atoms with Gasteiger partial charge in [0.25, 0.3) is 0 Å². The van der Waals surface area contributed by atoms with E-state index in [-0.39, 0.29) is 17.5 Å². The van der Waals surface area contributed by atoms with Gasteiger partial charge in [-0.3, -0.25) is 9.59 Å². The zero-order valence-electron chi connectivity index (χ0n) is 28.1. The van der Waals surface area contributed by atoms with Gasteiger partial charge >= 0.3 is 8.56 Å². The first-order chi connectivity index (χ1) is 20.8. The third-order valence-electron chi connectivity index (χ3n) is 10.4. The molecule has 1 aromatic rings. The number of ketones is 2. The Hall–Kier alpha value is -2.06. The molecule has 1 aliphatic carbocycles. The molecular weight excluding hydrogens is 565 g/mol. The molecule has 4 rings (SSSR count). The number of hydrogen-bond acceptors (Lipinski definition) is 6. The highest BCUT2D eigenvalue weighted by Crippen LogP contribution is 2.47. The number of Topliss-reactive ketones (excluding diaryl/α,β-unsaturated/α-hetero) is 2. The van der Waals surface area contributed by atoms with Gasteiger partial charge in [-0.15, -0.1) is 0 Å². The van der Waals surface area contributed by atoms with Crippen LogP contribution < -0.4 is 10.6 Å². The Morgan fingerprint density at radius 3 is 2.32 bits per heavy atom. The first kappa shape index (κ1) is 34.8. The van der Waals surface area contributed by atoms with E-state index in [4.69, 9.17) is 0 Å². The zero-order valence-corrected chi connectivity index (χ0v) is 29.1. The molecule has 3 aliphatic rings. The Balaban J connectivity index is 1.69. The van der Waals surface area contributed by atoms with Crippen molar-refractivity contribution in [1.29, 1.82) is 0 Å². The van der Waals surface area contributed by atoms with Gasteiger partial charge in [0.15, 0.2) is 11.6 Å². The summed E-state index contributed by atoms with van der Waals surface area (Å²) in [5.74, 6) is 0.379. The zero-order chi connectivity index (χ0) is 32.1. The molecule has 2 heterocycles. The highest BCUT2D eigenvalue weighted by atomic mass is 28.4. The molecule has 2 aliphatic heterocycles. The normalized spacial score (nSPS) is 27.1. The molecule has 44 heavy (non-hydrogen) atoms. The van der Waals surface area contributed by atoms with E-state index in [9.17, 15) is 19.2 Å². The van der Waals surface area contributed by atoms with Gasteiger partial charge in [0, 0.05) is 36.2 Å². The molecule has 1 unspecified atom stereocenters. The summed E-state index contributed by atoms with van der Waals surface area (Å²) in [7, 11) is -3.74. The number of rotatable bonds is 14. The maximum absolute atomic E-state index is 14.9. The van der Waals surface area contributed by atoms with Crippen LogP contribution in [0.5, 0.6) is 0 Å². The second-order valence-electron chi connectivity index (χ2n) is 15.3. The fourth-order valence-electron chi connectivity index (χ4n) is 7.97.